The second-order valence-electron chi connectivity index (χ2n) is 3.36. The predicted octanol–water partition coefficient (Wildman–Crippen LogP) is -1.74. The van der Waals surface area contributed by atoms with E-state index >= 15 is 0 Å². The van der Waals surface area contributed by atoms with Gasteiger partial charge in [-0.05, 0) is 13.3 Å². The molecular weight excluding hydrogens is 214 g/mol. The van der Waals surface area contributed by atoms with Crippen molar-refractivity contribution in [2.75, 3.05) is 7.11 Å². The Bertz CT molecular complexity index is 280. The van der Waals surface area contributed by atoms with Gasteiger partial charge in [-0.1, -0.05) is 0 Å². The Morgan fingerprint density at radius 1 is 1.38 bits per heavy atom. The first-order valence-corrected chi connectivity index (χ1v) is 4.80. The minimum Gasteiger partial charge on any atom is -0.467 e. The minimum atomic E-state index is -0.861. The molecule has 0 heterocycles. The van der Waals surface area contributed by atoms with Crippen LogP contribution in [0, 0.1) is 0 Å². The van der Waals surface area contributed by atoms with E-state index in [1.807, 2.05) is 0 Å². The van der Waals surface area contributed by atoms with Gasteiger partial charge in [0.05, 0.1) is 13.2 Å². The van der Waals surface area contributed by atoms with Gasteiger partial charge in [-0.2, -0.15) is 0 Å². The molecule has 0 aliphatic heterocycles. The Hall–Kier alpha value is -1.63. The molecule has 0 aromatic carbocycles. The van der Waals surface area contributed by atoms with Crippen LogP contribution >= 0.6 is 0 Å². The molecule has 0 aromatic heterocycles. The Kier molecular flexibility index (Phi) is 6.09. The monoisotopic (exact) mass is 231 g/mol. The van der Waals surface area contributed by atoms with Crippen molar-refractivity contribution < 1.29 is 19.1 Å². The van der Waals surface area contributed by atoms with E-state index in [1.165, 1.54) is 14.0 Å². The van der Waals surface area contributed by atoms with Gasteiger partial charge >= 0.3 is 5.97 Å². The van der Waals surface area contributed by atoms with Crippen LogP contribution in [0.4, 0.5) is 0 Å². The number of carbonyl (C=O) groups excluding carboxylic acids is 3. The highest BCUT2D eigenvalue weighted by molar-refractivity contribution is 5.87. The van der Waals surface area contributed by atoms with Crippen LogP contribution in [0.15, 0.2) is 0 Å². The molecule has 2 amide bonds. The van der Waals surface area contributed by atoms with E-state index in [0.717, 1.165) is 0 Å². The van der Waals surface area contributed by atoms with Crippen molar-refractivity contribution in [3.05, 3.63) is 0 Å². The van der Waals surface area contributed by atoms with Gasteiger partial charge in [-0.3, -0.25) is 9.59 Å². The van der Waals surface area contributed by atoms with Gasteiger partial charge in [0.1, 0.15) is 6.04 Å². The van der Waals surface area contributed by atoms with Crippen LogP contribution in [0.3, 0.4) is 0 Å². The summed E-state index contributed by atoms with van der Waals surface area (Å²) in [6, 6.07) is -1.63. The molecular formula is C9H17N3O4. The van der Waals surface area contributed by atoms with E-state index in [0.29, 0.717) is 0 Å². The van der Waals surface area contributed by atoms with E-state index < -0.39 is 29.9 Å². The number of rotatable bonds is 6. The van der Waals surface area contributed by atoms with Crippen LogP contribution in [0.2, 0.25) is 0 Å². The summed E-state index contributed by atoms with van der Waals surface area (Å²) in [6.07, 6.45) is 0.177. The van der Waals surface area contributed by atoms with Crippen LogP contribution < -0.4 is 16.8 Å². The molecule has 0 spiro atoms. The van der Waals surface area contributed by atoms with Crippen LogP contribution in [0.25, 0.3) is 0 Å². The van der Waals surface area contributed by atoms with Crippen LogP contribution in [-0.2, 0) is 19.1 Å². The average molecular weight is 231 g/mol. The molecule has 0 radical (unpaired) electrons. The number of ether oxygens (including phenoxy) is 1. The third-order valence-corrected chi connectivity index (χ3v) is 1.95. The predicted molar refractivity (Wildman–Crippen MR) is 56.0 cm³/mol. The van der Waals surface area contributed by atoms with Gasteiger partial charge in [-0.15, -0.1) is 0 Å². The summed E-state index contributed by atoms with van der Waals surface area (Å²) < 4.78 is 4.42. The maximum Gasteiger partial charge on any atom is 0.328 e. The summed E-state index contributed by atoms with van der Waals surface area (Å²) in [6.45, 7) is 1.48. The van der Waals surface area contributed by atoms with Gasteiger partial charge in [-0.25, -0.2) is 4.79 Å². The number of hydrogen-bond acceptors (Lipinski definition) is 5. The minimum absolute atomic E-state index is 0.0290. The lowest BCUT2D eigenvalue weighted by Gasteiger charge is -2.15. The summed E-state index contributed by atoms with van der Waals surface area (Å²) in [5.41, 5.74) is 10.4. The van der Waals surface area contributed by atoms with Crippen LogP contribution in [0.5, 0.6) is 0 Å². The normalized spacial score (nSPS) is 13.7. The van der Waals surface area contributed by atoms with Crippen LogP contribution in [0.1, 0.15) is 19.8 Å². The van der Waals surface area contributed by atoms with Crippen molar-refractivity contribution in [3.8, 4) is 0 Å². The molecule has 0 aliphatic carbocycles. The fraction of sp³-hybridized carbons (Fsp3) is 0.667. The number of methoxy groups -OCH3 is 1. The van der Waals surface area contributed by atoms with E-state index in [9.17, 15) is 14.4 Å². The maximum atomic E-state index is 11.4. The van der Waals surface area contributed by atoms with Crippen molar-refractivity contribution in [1.29, 1.82) is 0 Å². The van der Waals surface area contributed by atoms with Crippen molar-refractivity contribution in [2.24, 2.45) is 11.5 Å². The molecule has 0 unspecified atom stereocenters. The smallest absolute Gasteiger partial charge is 0.328 e. The highest BCUT2D eigenvalue weighted by Crippen LogP contribution is 1.95. The molecule has 16 heavy (non-hydrogen) atoms. The van der Waals surface area contributed by atoms with E-state index in [4.69, 9.17) is 11.5 Å². The summed E-state index contributed by atoms with van der Waals surface area (Å²) in [5, 5.41) is 2.36. The molecule has 0 rings (SSSR count). The van der Waals surface area contributed by atoms with E-state index in [1.54, 1.807) is 0 Å². The first-order valence-electron chi connectivity index (χ1n) is 4.80. The van der Waals surface area contributed by atoms with Crippen molar-refractivity contribution in [2.45, 2.75) is 31.8 Å². The largest absolute Gasteiger partial charge is 0.467 e. The topological polar surface area (TPSA) is 125 Å². The lowest BCUT2D eigenvalue weighted by atomic mass is 10.1. The molecule has 0 aromatic rings. The van der Waals surface area contributed by atoms with E-state index in [-0.39, 0.29) is 12.8 Å². The molecule has 7 heteroatoms. The molecule has 0 saturated heterocycles. The molecule has 5 N–H and O–H groups in total. The molecule has 0 bridgehead atoms. The summed E-state index contributed by atoms with van der Waals surface area (Å²) >= 11 is 0. The molecule has 7 nitrogen and oxygen atoms in total. The number of esters is 1. The zero-order chi connectivity index (χ0) is 12.7. The standard InChI is InChI=1S/C9H17N3O4/c1-5(9(15)16-2)12-8(14)6(10)3-4-7(11)13/h5-6H,3-4,10H2,1-2H3,(H2,11,13)(H,12,14)/t5-,6+/m0/s1. The second kappa shape index (κ2) is 6.78. The van der Waals surface area contributed by atoms with Crippen LogP contribution in [-0.4, -0.2) is 37.0 Å². The average Bonchev–Trinajstić information content (AvgIpc) is 2.24. The van der Waals surface area contributed by atoms with Crippen molar-refractivity contribution in [1.82, 2.24) is 5.32 Å². The number of nitrogens with two attached hydrogens (primary N) is 2. The molecule has 0 aliphatic rings. The first kappa shape index (κ1) is 14.4. The molecule has 2 atom stereocenters. The molecule has 0 saturated carbocycles. The fourth-order valence-electron chi connectivity index (χ4n) is 0.985. The highest BCUT2D eigenvalue weighted by atomic mass is 16.5. The summed E-state index contributed by atoms with van der Waals surface area (Å²) in [7, 11) is 1.22. The molecule has 0 fully saturated rings. The first-order chi connectivity index (χ1) is 7.38. The quantitative estimate of drug-likeness (QED) is 0.468. The molecule has 92 valence electrons. The number of amides is 2. The van der Waals surface area contributed by atoms with E-state index in [2.05, 4.69) is 10.1 Å². The van der Waals surface area contributed by atoms with Gasteiger partial charge in [0, 0.05) is 6.42 Å². The van der Waals surface area contributed by atoms with Gasteiger partial charge in [0.15, 0.2) is 0 Å². The van der Waals surface area contributed by atoms with Crippen molar-refractivity contribution >= 4 is 17.8 Å². The zero-order valence-electron chi connectivity index (χ0n) is 9.36. The Balaban J connectivity index is 4.04. The second-order valence-corrected chi connectivity index (χ2v) is 3.36. The number of nitrogens with one attached hydrogen (secondary N) is 1. The lowest BCUT2D eigenvalue weighted by molar-refractivity contribution is -0.144. The SMILES string of the molecule is COC(=O)[C@H](C)NC(=O)[C@H](N)CCC(N)=O. The van der Waals surface area contributed by atoms with Crippen molar-refractivity contribution in [3.63, 3.8) is 0 Å². The maximum absolute atomic E-state index is 11.4. The Morgan fingerprint density at radius 3 is 2.38 bits per heavy atom. The third kappa shape index (κ3) is 5.30. The number of hydrogen-bond donors (Lipinski definition) is 3. The van der Waals surface area contributed by atoms with Gasteiger partial charge in [0.2, 0.25) is 11.8 Å². The van der Waals surface area contributed by atoms with Gasteiger partial charge < -0.3 is 21.5 Å². The van der Waals surface area contributed by atoms with Gasteiger partial charge in [0.25, 0.3) is 0 Å². The summed E-state index contributed by atoms with van der Waals surface area (Å²) in [5.74, 6) is -1.60. The summed E-state index contributed by atoms with van der Waals surface area (Å²) in [4.78, 5) is 32.8. The Labute approximate surface area is 93.5 Å². The lowest BCUT2D eigenvalue weighted by Crippen LogP contribution is -2.47. The zero-order valence-corrected chi connectivity index (χ0v) is 9.36. The fourth-order valence-corrected chi connectivity index (χ4v) is 0.985. The Morgan fingerprint density at radius 2 is 1.94 bits per heavy atom. The third-order valence-electron chi connectivity index (χ3n) is 1.95. The number of carbonyl (C=O) groups is 3. The number of primary amides is 1. The highest BCUT2D eigenvalue weighted by Gasteiger charge is 2.20.